The van der Waals surface area contributed by atoms with Crippen molar-refractivity contribution in [1.82, 2.24) is 9.78 Å². The summed E-state index contributed by atoms with van der Waals surface area (Å²) in [6, 6.07) is 11.0. The lowest BCUT2D eigenvalue weighted by atomic mass is 10.0. The Morgan fingerprint density at radius 3 is 2.52 bits per heavy atom. The molecule has 7 nitrogen and oxygen atoms in total. The van der Waals surface area contributed by atoms with Gasteiger partial charge < -0.3 is 15.4 Å². The van der Waals surface area contributed by atoms with Gasteiger partial charge in [0.15, 0.2) is 0 Å². The second-order valence-electron chi connectivity index (χ2n) is 7.50. The minimum Gasteiger partial charge on any atom is -0.497 e. The third-order valence-electron chi connectivity index (χ3n) is 5.42. The minimum atomic E-state index is -4.62. The van der Waals surface area contributed by atoms with E-state index in [1.807, 2.05) is 19.1 Å². The van der Waals surface area contributed by atoms with Crippen LogP contribution >= 0.6 is 0 Å². The summed E-state index contributed by atoms with van der Waals surface area (Å²) in [5, 5.41) is 9.57. The van der Waals surface area contributed by atoms with Gasteiger partial charge in [-0.1, -0.05) is 31.2 Å². The quantitative estimate of drug-likeness (QED) is 0.563. The molecule has 0 saturated carbocycles. The molecule has 0 aliphatic carbocycles. The smallest absolute Gasteiger partial charge is 0.418 e. The molecule has 2 heterocycles. The van der Waals surface area contributed by atoms with Crippen LogP contribution in [0.3, 0.4) is 0 Å². The largest absolute Gasteiger partial charge is 0.497 e. The molecule has 3 aromatic rings. The highest BCUT2D eigenvalue weighted by Crippen LogP contribution is 2.40. The molecule has 1 aromatic heterocycles. The van der Waals surface area contributed by atoms with Crippen LogP contribution < -0.4 is 15.4 Å². The first kappa shape index (κ1) is 22.4. The van der Waals surface area contributed by atoms with Gasteiger partial charge in [0.05, 0.1) is 30.5 Å². The van der Waals surface area contributed by atoms with Gasteiger partial charge in [0.1, 0.15) is 17.6 Å². The SMILES string of the molecule is CCc1nn2c(c1-c1ccc(OC)cc1)NC(=O)C2CC(=O)Nc1ccccc1C(F)(F)F. The third kappa shape index (κ3) is 4.28. The number of anilines is 2. The molecule has 1 aliphatic rings. The van der Waals surface area contributed by atoms with Crippen LogP contribution in [0.15, 0.2) is 48.5 Å². The highest BCUT2D eigenvalue weighted by atomic mass is 19.4. The number of aromatic nitrogens is 2. The Balaban J connectivity index is 1.60. The number of fused-ring (bicyclic) bond motifs is 1. The van der Waals surface area contributed by atoms with Crippen LogP contribution in [0.5, 0.6) is 5.75 Å². The molecule has 0 bridgehead atoms. The van der Waals surface area contributed by atoms with E-state index < -0.39 is 29.6 Å². The van der Waals surface area contributed by atoms with Gasteiger partial charge in [-0.15, -0.1) is 0 Å². The van der Waals surface area contributed by atoms with Crippen molar-refractivity contribution in [3.8, 4) is 16.9 Å². The molecule has 2 N–H and O–H groups in total. The number of aryl methyl sites for hydroxylation is 1. The zero-order valence-corrected chi connectivity index (χ0v) is 17.9. The Morgan fingerprint density at radius 1 is 1.18 bits per heavy atom. The summed E-state index contributed by atoms with van der Waals surface area (Å²) in [6.45, 7) is 1.92. The third-order valence-corrected chi connectivity index (χ3v) is 5.42. The van der Waals surface area contributed by atoms with Crippen molar-refractivity contribution < 1.29 is 27.5 Å². The van der Waals surface area contributed by atoms with E-state index in [9.17, 15) is 22.8 Å². The summed E-state index contributed by atoms with van der Waals surface area (Å²) in [5.41, 5.74) is 0.964. The summed E-state index contributed by atoms with van der Waals surface area (Å²) in [4.78, 5) is 25.2. The van der Waals surface area contributed by atoms with E-state index in [-0.39, 0.29) is 12.1 Å². The molecule has 0 spiro atoms. The topological polar surface area (TPSA) is 85.2 Å². The Hall–Kier alpha value is -3.82. The monoisotopic (exact) mass is 458 g/mol. The van der Waals surface area contributed by atoms with E-state index >= 15 is 0 Å². The van der Waals surface area contributed by atoms with Crippen molar-refractivity contribution in [1.29, 1.82) is 0 Å². The number of alkyl halides is 3. The molecule has 2 aromatic carbocycles. The Bertz CT molecular complexity index is 1200. The van der Waals surface area contributed by atoms with E-state index in [2.05, 4.69) is 15.7 Å². The second kappa shape index (κ2) is 8.61. The number of rotatable bonds is 6. The number of nitrogens with zero attached hydrogens (tertiary/aromatic N) is 2. The first-order valence-electron chi connectivity index (χ1n) is 10.3. The van der Waals surface area contributed by atoms with Crippen LogP contribution in [-0.4, -0.2) is 28.7 Å². The van der Waals surface area contributed by atoms with Crippen LogP contribution in [0.1, 0.15) is 30.6 Å². The fourth-order valence-corrected chi connectivity index (χ4v) is 3.84. The van der Waals surface area contributed by atoms with Crippen LogP contribution in [-0.2, 0) is 22.2 Å². The minimum absolute atomic E-state index is 0.359. The molecule has 10 heteroatoms. The first-order chi connectivity index (χ1) is 15.7. The maximum Gasteiger partial charge on any atom is 0.418 e. The standard InChI is InChI=1S/C23H21F3N4O3/c1-3-16-20(13-8-10-14(33-2)11-9-13)21-28-22(32)18(30(21)29-16)12-19(31)27-17-7-5-4-6-15(17)23(24,25)26/h4-11,18H,3,12H2,1-2H3,(H,27,31)(H,28,32). The maximum absolute atomic E-state index is 13.2. The number of carbonyl (C=O) groups is 2. The summed E-state index contributed by atoms with van der Waals surface area (Å²) in [6.07, 6.45) is -4.40. The van der Waals surface area contributed by atoms with Gasteiger partial charge in [-0.3, -0.25) is 9.59 Å². The number of carbonyl (C=O) groups excluding carboxylic acids is 2. The van der Waals surface area contributed by atoms with Crippen molar-refractivity contribution in [3.63, 3.8) is 0 Å². The lowest BCUT2D eigenvalue weighted by Crippen LogP contribution is -2.24. The van der Waals surface area contributed by atoms with Crippen molar-refractivity contribution in [2.24, 2.45) is 0 Å². The molecule has 172 valence electrons. The number of methoxy groups -OCH3 is 1. The number of hydrogen-bond donors (Lipinski definition) is 2. The van der Waals surface area contributed by atoms with Crippen molar-refractivity contribution in [3.05, 3.63) is 59.8 Å². The molecule has 0 saturated heterocycles. The van der Waals surface area contributed by atoms with E-state index in [4.69, 9.17) is 4.74 Å². The zero-order valence-electron chi connectivity index (χ0n) is 17.9. The van der Waals surface area contributed by atoms with Crippen LogP contribution in [0.4, 0.5) is 24.7 Å². The van der Waals surface area contributed by atoms with Gasteiger partial charge in [-0.05, 0) is 36.2 Å². The number of halogens is 3. The van der Waals surface area contributed by atoms with E-state index in [1.54, 1.807) is 19.2 Å². The average Bonchev–Trinajstić information content (AvgIpc) is 3.28. The molecule has 1 unspecified atom stereocenters. The van der Waals surface area contributed by atoms with Gasteiger partial charge in [-0.2, -0.15) is 18.3 Å². The Kier molecular flexibility index (Phi) is 5.84. The molecule has 33 heavy (non-hydrogen) atoms. The average molecular weight is 458 g/mol. The summed E-state index contributed by atoms with van der Waals surface area (Å²) in [5.74, 6) is -0.0396. The molecule has 0 fully saturated rings. The van der Waals surface area contributed by atoms with Gasteiger partial charge >= 0.3 is 6.18 Å². The fraction of sp³-hybridized carbons (Fsp3) is 0.261. The highest BCUT2D eigenvalue weighted by Gasteiger charge is 2.38. The number of benzene rings is 2. The van der Waals surface area contributed by atoms with Crippen molar-refractivity contribution >= 4 is 23.3 Å². The van der Waals surface area contributed by atoms with E-state index in [0.717, 1.165) is 22.9 Å². The van der Waals surface area contributed by atoms with Gasteiger partial charge in [-0.25, -0.2) is 4.68 Å². The zero-order chi connectivity index (χ0) is 23.8. The normalized spacial score (nSPS) is 15.2. The molecular weight excluding hydrogens is 437 g/mol. The number of ether oxygens (including phenoxy) is 1. The Labute approximate surface area is 187 Å². The summed E-state index contributed by atoms with van der Waals surface area (Å²) >= 11 is 0. The molecule has 2 amide bonds. The fourth-order valence-electron chi connectivity index (χ4n) is 3.84. The number of para-hydroxylation sites is 1. The van der Waals surface area contributed by atoms with Crippen molar-refractivity contribution in [2.75, 3.05) is 17.7 Å². The highest BCUT2D eigenvalue weighted by molar-refractivity contribution is 6.04. The van der Waals surface area contributed by atoms with Crippen LogP contribution in [0.25, 0.3) is 11.1 Å². The number of amides is 2. The van der Waals surface area contributed by atoms with E-state index in [1.165, 1.54) is 22.9 Å². The lowest BCUT2D eigenvalue weighted by molar-refractivity contribution is -0.137. The van der Waals surface area contributed by atoms with E-state index in [0.29, 0.717) is 18.0 Å². The van der Waals surface area contributed by atoms with Crippen LogP contribution in [0, 0.1) is 0 Å². The molecule has 0 radical (unpaired) electrons. The molecular formula is C23H21F3N4O3. The predicted octanol–water partition coefficient (Wildman–Crippen LogP) is 4.66. The summed E-state index contributed by atoms with van der Waals surface area (Å²) in [7, 11) is 1.56. The number of hydrogen-bond acceptors (Lipinski definition) is 4. The molecule has 4 rings (SSSR count). The van der Waals surface area contributed by atoms with Gasteiger partial charge in [0, 0.05) is 5.56 Å². The van der Waals surface area contributed by atoms with Gasteiger partial charge in [0.25, 0.3) is 5.91 Å². The van der Waals surface area contributed by atoms with Crippen molar-refractivity contribution in [2.45, 2.75) is 32.0 Å². The summed E-state index contributed by atoms with van der Waals surface area (Å²) < 4.78 is 46.3. The maximum atomic E-state index is 13.2. The lowest BCUT2D eigenvalue weighted by Gasteiger charge is -2.14. The first-order valence-corrected chi connectivity index (χ1v) is 10.3. The van der Waals surface area contributed by atoms with Crippen LogP contribution in [0.2, 0.25) is 0 Å². The molecule has 1 aliphatic heterocycles. The second-order valence-corrected chi connectivity index (χ2v) is 7.50. The van der Waals surface area contributed by atoms with Gasteiger partial charge in [0.2, 0.25) is 5.91 Å². The predicted molar refractivity (Wildman–Crippen MR) is 116 cm³/mol. The number of nitrogens with one attached hydrogen (secondary N) is 2. The molecule has 1 atom stereocenters. The Morgan fingerprint density at radius 2 is 1.88 bits per heavy atom.